The van der Waals surface area contributed by atoms with E-state index in [9.17, 15) is 5.11 Å². The Balaban J connectivity index is 0.00000361. The van der Waals surface area contributed by atoms with Gasteiger partial charge < -0.3 is 31.3 Å². The third-order valence-corrected chi connectivity index (χ3v) is 13.4. The molecule has 4 aromatic rings. The van der Waals surface area contributed by atoms with Crippen LogP contribution < -0.4 is 42.9 Å². The van der Waals surface area contributed by atoms with Crippen molar-refractivity contribution < 1.29 is 31.3 Å². The van der Waals surface area contributed by atoms with Crippen molar-refractivity contribution in [1.82, 2.24) is 0 Å². The Morgan fingerprint density at radius 1 is 0.722 bits per heavy atom. The van der Waals surface area contributed by atoms with Crippen LogP contribution in [0.5, 0.6) is 11.5 Å². The van der Waals surface area contributed by atoms with E-state index >= 15 is 0 Å². The smallest absolute Gasteiger partial charge is 0.186 e. The van der Waals surface area contributed by atoms with Gasteiger partial charge in [0.2, 0.25) is 0 Å². The molecule has 0 fully saturated rings. The highest BCUT2D eigenvalue weighted by Gasteiger charge is 2.50. The van der Waals surface area contributed by atoms with E-state index in [1.54, 1.807) is 6.07 Å². The van der Waals surface area contributed by atoms with Crippen LogP contribution in [0.15, 0.2) is 109 Å². The van der Waals surface area contributed by atoms with Crippen molar-refractivity contribution in [1.29, 1.82) is 0 Å². The first kappa shape index (κ1) is 28.1. The lowest BCUT2D eigenvalue weighted by atomic mass is 10.3. The molecule has 0 radical (unpaired) electrons. The minimum atomic E-state index is -2.36. The standard InChI is InChI=1S/C30H33O3PSi.BrH/c1-32-35(2,3)23-13-22-33-29-21-20-25(31)24-30(29)34(26-14-7-4-8-15-26,27-16-9-5-10-17-27)28-18-11-6-12-19-28;/h4-12,14-21,24H,13,22-23H2,1-3H3;1H. The van der Waals surface area contributed by atoms with Crippen LogP contribution in [0.3, 0.4) is 0 Å². The third-order valence-electron chi connectivity index (χ3n) is 6.47. The molecule has 0 saturated carbocycles. The first-order valence-corrected chi connectivity index (χ1v) is 17.0. The monoisotopic (exact) mass is 580 g/mol. The largest absolute Gasteiger partial charge is 1.00 e. The Labute approximate surface area is 227 Å². The zero-order valence-electron chi connectivity index (χ0n) is 21.1. The maximum atomic E-state index is 10.7. The molecule has 0 bridgehead atoms. The summed E-state index contributed by atoms with van der Waals surface area (Å²) in [5.74, 6) is 1.07. The number of aromatic hydroxyl groups is 1. The summed E-state index contributed by atoms with van der Waals surface area (Å²) in [7, 11) is -2.19. The van der Waals surface area contributed by atoms with E-state index in [-0.39, 0.29) is 22.7 Å². The van der Waals surface area contributed by atoms with Crippen LogP contribution in [-0.2, 0) is 4.43 Å². The van der Waals surface area contributed by atoms with Crippen LogP contribution in [0.4, 0.5) is 0 Å². The van der Waals surface area contributed by atoms with Gasteiger partial charge in [-0.05, 0) is 74.1 Å². The molecular weight excluding hydrogens is 547 g/mol. The Hall–Kier alpha value is -2.43. The molecule has 0 heterocycles. The van der Waals surface area contributed by atoms with Crippen molar-refractivity contribution in [3.63, 3.8) is 0 Å². The van der Waals surface area contributed by atoms with Crippen molar-refractivity contribution in [2.45, 2.75) is 25.6 Å². The topological polar surface area (TPSA) is 38.7 Å². The SMILES string of the molecule is CO[Si](C)(C)CCCOc1ccc(O)cc1[P+](c1ccccc1)(c1ccccc1)c1ccccc1.[Br-]. The maximum Gasteiger partial charge on any atom is 0.186 e. The van der Waals surface area contributed by atoms with Gasteiger partial charge in [0, 0.05) is 13.2 Å². The first-order chi connectivity index (χ1) is 17.0. The zero-order chi connectivity index (χ0) is 24.7. The van der Waals surface area contributed by atoms with Gasteiger partial charge in [-0.1, -0.05) is 54.6 Å². The number of phenols is 1. The second kappa shape index (κ2) is 12.7. The van der Waals surface area contributed by atoms with E-state index in [2.05, 4.69) is 104 Å². The maximum absolute atomic E-state index is 10.7. The second-order valence-corrected chi connectivity index (χ2v) is 17.0. The van der Waals surface area contributed by atoms with Gasteiger partial charge in [-0.3, -0.25) is 0 Å². The van der Waals surface area contributed by atoms with Gasteiger partial charge >= 0.3 is 0 Å². The van der Waals surface area contributed by atoms with E-state index in [4.69, 9.17) is 9.16 Å². The highest BCUT2D eigenvalue weighted by Crippen LogP contribution is 2.56. The van der Waals surface area contributed by atoms with Crippen LogP contribution in [0.2, 0.25) is 19.1 Å². The first-order valence-electron chi connectivity index (χ1n) is 12.0. The number of halogens is 1. The fourth-order valence-electron chi connectivity index (χ4n) is 4.49. The normalized spacial score (nSPS) is 11.5. The molecule has 188 valence electrons. The molecule has 0 atom stereocenters. The second-order valence-electron chi connectivity index (χ2n) is 9.25. The summed E-state index contributed by atoms with van der Waals surface area (Å²) in [5.41, 5.74) is 0. The van der Waals surface area contributed by atoms with Gasteiger partial charge in [0.1, 0.15) is 28.9 Å². The summed E-state index contributed by atoms with van der Waals surface area (Å²) in [6.45, 7) is 5.07. The minimum absolute atomic E-state index is 0. The number of benzene rings is 4. The lowest BCUT2D eigenvalue weighted by Crippen LogP contribution is -3.00. The van der Waals surface area contributed by atoms with Crippen molar-refractivity contribution >= 4 is 36.8 Å². The Morgan fingerprint density at radius 2 is 1.19 bits per heavy atom. The van der Waals surface area contributed by atoms with Gasteiger partial charge in [0.15, 0.2) is 19.4 Å². The number of hydrogen-bond donors (Lipinski definition) is 1. The van der Waals surface area contributed by atoms with Crippen molar-refractivity contribution in [3.05, 3.63) is 109 Å². The summed E-state index contributed by atoms with van der Waals surface area (Å²) >= 11 is 0. The zero-order valence-corrected chi connectivity index (χ0v) is 24.6. The molecule has 36 heavy (non-hydrogen) atoms. The van der Waals surface area contributed by atoms with E-state index in [1.807, 2.05) is 19.2 Å². The van der Waals surface area contributed by atoms with E-state index < -0.39 is 15.6 Å². The Morgan fingerprint density at radius 3 is 1.64 bits per heavy atom. The van der Waals surface area contributed by atoms with Crippen molar-refractivity contribution in [2.24, 2.45) is 0 Å². The summed E-state index contributed by atoms with van der Waals surface area (Å²) in [5, 5.41) is 15.4. The van der Waals surface area contributed by atoms with E-state index in [0.29, 0.717) is 6.61 Å². The molecule has 4 aromatic carbocycles. The third kappa shape index (κ3) is 6.09. The summed E-state index contributed by atoms with van der Waals surface area (Å²) < 4.78 is 12.2. The van der Waals surface area contributed by atoms with Crippen LogP contribution in [0.25, 0.3) is 0 Å². The van der Waals surface area contributed by atoms with Gasteiger partial charge in [-0.25, -0.2) is 0 Å². The number of phenolic OH excluding ortho intramolecular Hbond substituents is 1. The van der Waals surface area contributed by atoms with Gasteiger partial charge in [-0.2, -0.15) is 0 Å². The van der Waals surface area contributed by atoms with Crippen molar-refractivity contribution in [2.75, 3.05) is 13.7 Å². The molecule has 0 saturated heterocycles. The lowest BCUT2D eigenvalue weighted by molar-refractivity contribution is -0.00000914. The van der Waals surface area contributed by atoms with E-state index in [0.717, 1.165) is 23.5 Å². The fourth-order valence-corrected chi connectivity index (χ4v) is 10.1. The molecule has 6 heteroatoms. The molecule has 0 aliphatic carbocycles. The van der Waals surface area contributed by atoms with Crippen LogP contribution >= 0.6 is 7.26 Å². The molecule has 3 nitrogen and oxygen atoms in total. The highest BCUT2D eigenvalue weighted by atomic mass is 79.9. The van der Waals surface area contributed by atoms with Gasteiger partial charge in [0.25, 0.3) is 0 Å². The molecule has 1 N–H and O–H groups in total. The highest BCUT2D eigenvalue weighted by molar-refractivity contribution is 8.01. The van der Waals surface area contributed by atoms with Crippen molar-refractivity contribution in [3.8, 4) is 11.5 Å². The summed E-state index contributed by atoms with van der Waals surface area (Å²) in [6.07, 6.45) is 0.931. The average Bonchev–Trinajstić information content (AvgIpc) is 2.90. The molecule has 4 rings (SSSR count). The molecule has 0 amide bonds. The minimum Gasteiger partial charge on any atom is -1.00 e. The molecule has 0 aliphatic heterocycles. The summed E-state index contributed by atoms with van der Waals surface area (Å²) in [6, 6.07) is 38.5. The average molecular weight is 582 g/mol. The van der Waals surface area contributed by atoms with Crippen LogP contribution in [0.1, 0.15) is 6.42 Å². The molecule has 0 unspecified atom stereocenters. The predicted molar refractivity (Wildman–Crippen MR) is 152 cm³/mol. The van der Waals surface area contributed by atoms with E-state index in [1.165, 1.54) is 15.9 Å². The fraction of sp³-hybridized carbons (Fsp3) is 0.200. The quantitative estimate of drug-likeness (QED) is 0.178. The summed E-state index contributed by atoms with van der Waals surface area (Å²) in [4.78, 5) is 0. The lowest BCUT2D eigenvalue weighted by Gasteiger charge is -2.29. The van der Waals surface area contributed by atoms with Crippen LogP contribution in [0, 0.1) is 0 Å². The predicted octanol–water partition coefficient (Wildman–Crippen LogP) is 2.64. The van der Waals surface area contributed by atoms with Crippen LogP contribution in [-0.4, -0.2) is 27.1 Å². The number of hydrogen-bond acceptors (Lipinski definition) is 3. The Kier molecular flexibility index (Phi) is 9.92. The molecule has 0 spiro atoms. The molecule has 0 aliphatic rings. The number of rotatable bonds is 10. The van der Waals surface area contributed by atoms with Gasteiger partial charge in [-0.15, -0.1) is 0 Å². The molecule has 0 aromatic heterocycles. The Bertz CT molecular complexity index is 1120. The van der Waals surface area contributed by atoms with Gasteiger partial charge in [0.05, 0.1) is 6.61 Å². The number of ether oxygens (including phenoxy) is 1. The molecular formula is C30H34BrO3PSi.